The third-order valence-corrected chi connectivity index (χ3v) is 5.28. The number of fused-ring (bicyclic) bond motifs is 1. The Morgan fingerprint density at radius 1 is 1.34 bits per heavy atom. The first kappa shape index (κ1) is 21.4. The molecule has 0 spiro atoms. The zero-order valence-electron chi connectivity index (χ0n) is 15.4. The predicted octanol–water partition coefficient (Wildman–Crippen LogP) is 2.95. The van der Waals surface area contributed by atoms with E-state index in [4.69, 9.17) is 9.94 Å². The smallest absolute Gasteiger partial charge is 0.416 e. The quantitative estimate of drug-likeness (QED) is 0.297. The number of aliphatic hydroxyl groups excluding tert-OH is 2. The molecule has 2 aliphatic carbocycles. The van der Waals surface area contributed by atoms with Crippen LogP contribution in [0.3, 0.4) is 0 Å². The lowest BCUT2D eigenvalue weighted by molar-refractivity contribution is -0.139. The van der Waals surface area contributed by atoms with Crippen molar-refractivity contribution in [3.8, 4) is 0 Å². The maximum atomic E-state index is 12.8. The van der Waals surface area contributed by atoms with E-state index >= 15 is 0 Å². The minimum absolute atomic E-state index is 0.0197. The molecule has 0 heterocycles. The van der Waals surface area contributed by atoms with Gasteiger partial charge in [0.25, 0.3) is 0 Å². The summed E-state index contributed by atoms with van der Waals surface area (Å²) < 4.78 is 38.4. The van der Waals surface area contributed by atoms with Gasteiger partial charge in [-0.3, -0.25) is 15.1 Å². The fourth-order valence-electron chi connectivity index (χ4n) is 3.67. The van der Waals surface area contributed by atoms with Crippen molar-refractivity contribution in [1.29, 1.82) is 0 Å². The van der Waals surface area contributed by atoms with Crippen molar-refractivity contribution >= 4 is 5.97 Å². The summed E-state index contributed by atoms with van der Waals surface area (Å²) in [5.74, 6) is -1.27. The Bertz CT molecular complexity index is 821. The zero-order valence-corrected chi connectivity index (χ0v) is 15.4. The minimum atomic E-state index is -4.48. The summed E-state index contributed by atoms with van der Waals surface area (Å²) in [5.41, 5.74) is 3.82. The van der Waals surface area contributed by atoms with Gasteiger partial charge in [0.1, 0.15) is 0 Å². The number of hydroxylamine groups is 1. The fraction of sp³-hybridized carbons (Fsp3) is 0.450. The molecule has 29 heavy (non-hydrogen) atoms. The zero-order chi connectivity index (χ0) is 21.2. The Hall–Kier alpha value is -2.36. The molecule has 158 valence electrons. The Morgan fingerprint density at radius 3 is 2.79 bits per heavy atom. The van der Waals surface area contributed by atoms with Gasteiger partial charge in [0, 0.05) is 17.5 Å². The van der Waals surface area contributed by atoms with Crippen molar-refractivity contribution in [3.05, 3.63) is 58.8 Å². The molecule has 0 aliphatic heterocycles. The largest absolute Gasteiger partial charge is 0.481 e. The van der Waals surface area contributed by atoms with Crippen LogP contribution in [0.1, 0.15) is 36.5 Å². The molecule has 1 fully saturated rings. The van der Waals surface area contributed by atoms with Gasteiger partial charge in [0.15, 0.2) is 0 Å². The number of aliphatic hydroxyl groups is 2. The highest BCUT2D eigenvalue weighted by molar-refractivity contribution is 5.66. The number of benzene rings is 1. The second-order valence-electron chi connectivity index (χ2n) is 7.22. The van der Waals surface area contributed by atoms with Gasteiger partial charge in [0.2, 0.25) is 0 Å². The van der Waals surface area contributed by atoms with Crippen molar-refractivity contribution in [1.82, 2.24) is 5.48 Å². The first-order valence-corrected chi connectivity index (χ1v) is 9.20. The molecular formula is C20H22F3NO5. The SMILES string of the molecule is O=C(O)CCONC1=C2CC(C=CC(O)c3cccc(C(F)(F)F)c3)C(O)[C@@H]2C1. The summed E-state index contributed by atoms with van der Waals surface area (Å²) >= 11 is 0. The monoisotopic (exact) mass is 413 g/mol. The van der Waals surface area contributed by atoms with Crippen LogP contribution in [0.4, 0.5) is 13.2 Å². The van der Waals surface area contributed by atoms with E-state index in [0.29, 0.717) is 12.8 Å². The standard InChI is InChI=1S/C20H22F3NO5/c21-20(22,23)13-3-1-2-11(8-13)17(25)5-4-12-9-14-15(19(12)28)10-16(14)24-29-7-6-18(26)27/h1-5,8,12,15,17,19,24-25,28H,6-7,9-10H2,(H,26,27)/t12?,15-,17?,19?/m1/s1. The van der Waals surface area contributed by atoms with E-state index in [-0.39, 0.29) is 30.4 Å². The molecule has 0 radical (unpaired) electrons. The Kier molecular flexibility index (Phi) is 6.30. The lowest BCUT2D eigenvalue weighted by atomic mass is 9.83. The number of hydrogen-bond donors (Lipinski definition) is 4. The lowest BCUT2D eigenvalue weighted by Crippen LogP contribution is -2.32. The van der Waals surface area contributed by atoms with Gasteiger partial charge in [-0.1, -0.05) is 24.3 Å². The van der Waals surface area contributed by atoms with Crippen LogP contribution in [0.2, 0.25) is 0 Å². The van der Waals surface area contributed by atoms with Crippen LogP contribution in [0.25, 0.3) is 0 Å². The molecule has 1 saturated carbocycles. The van der Waals surface area contributed by atoms with Gasteiger partial charge < -0.3 is 15.3 Å². The van der Waals surface area contributed by atoms with E-state index < -0.39 is 29.9 Å². The lowest BCUT2D eigenvalue weighted by Gasteiger charge is -2.30. The van der Waals surface area contributed by atoms with Crippen molar-refractivity contribution in [2.75, 3.05) is 6.61 Å². The molecule has 2 aliphatic rings. The van der Waals surface area contributed by atoms with E-state index in [9.17, 15) is 28.2 Å². The number of alkyl halides is 3. The normalized spacial score (nSPS) is 25.1. The number of hydrogen-bond acceptors (Lipinski definition) is 5. The van der Waals surface area contributed by atoms with Crippen LogP contribution in [-0.4, -0.2) is 34.0 Å². The Morgan fingerprint density at radius 2 is 2.10 bits per heavy atom. The average Bonchev–Trinajstić information content (AvgIpc) is 2.89. The van der Waals surface area contributed by atoms with Crippen molar-refractivity contribution in [2.24, 2.45) is 11.8 Å². The van der Waals surface area contributed by atoms with Crippen LogP contribution in [0.5, 0.6) is 0 Å². The average molecular weight is 413 g/mol. The molecule has 0 bridgehead atoms. The summed E-state index contributed by atoms with van der Waals surface area (Å²) in [6, 6.07) is 4.51. The molecule has 0 saturated heterocycles. The highest BCUT2D eigenvalue weighted by Gasteiger charge is 2.45. The molecule has 9 heteroatoms. The molecule has 3 rings (SSSR count). The predicted molar refractivity (Wildman–Crippen MR) is 96.1 cm³/mol. The van der Waals surface area contributed by atoms with Gasteiger partial charge in [-0.25, -0.2) is 0 Å². The number of nitrogens with one attached hydrogen (secondary N) is 1. The van der Waals surface area contributed by atoms with Crippen molar-refractivity contribution in [2.45, 2.75) is 37.6 Å². The summed E-state index contributed by atoms with van der Waals surface area (Å²) in [7, 11) is 0. The first-order valence-electron chi connectivity index (χ1n) is 9.20. The van der Waals surface area contributed by atoms with Crippen LogP contribution in [-0.2, 0) is 15.8 Å². The second kappa shape index (κ2) is 8.56. The molecular weight excluding hydrogens is 391 g/mol. The summed E-state index contributed by atoms with van der Waals surface area (Å²) in [6.45, 7) is 0.0197. The fourth-order valence-corrected chi connectivity index (χ4v) is 3.67. The van der Waals surface area contributed by atoms with E-state index in [2.05, 4.69) is 5.48 Å². The molecule has 0 aromatic heterocycles. The number of carboxylic acid groups (broad SMARTS) is 1. The van der Waals surface area contributed by atoms with E-state index in [0.717, 1.165) is 23.4 Å². The van der Waals surface area contributed by atoms with Crippen LogP contribution in [0.15, 0.2) is 47.7 Å². The first-order chi connectivity index (χ1) is 13.7. The highest BCUT2D eigenvalue weighted by Crippen LogP contribution is 2.48. The number of carboxylic acids is 1. The maximum absolute atomic E-state index is 12.8. The van der Waals surface area contributed by atoms with E-state index in [1.165, 1.54) is 18.2 Å². The van der Waals surface area contributed by atoms with Crippen LogP contribution < -0.4 is 5.48 Å². The topological polar surface area (TPSA) is 99.0 Å². The summed E-state index contributed by atoms with van der Waals surface area (Å²) in [4.78, 5) is 15.6. The summed E-state index contributed by atoms with van der Waals surface area (Å²) in [6.07, 6.45) is -2.35. The number of aliphatic carboxylic acids is 1. The Labute approximate surface area is 165 Å². The van der Waals surface area contributed by atoms with E-state index in [1.807, 2.05) is 0 Å². The van der Waals surface area contributed by atoms with Gasteiger partial charge in [-0.05, 0) is 36.1 Å². The summed E-state index contributed by atoms with van der Waals surface area (Å²) in [5, 5.41) is 29.2. The number of carbonyl (C=O) groups is 1. The van der Waals surface area contributed by atoms with Gasteiger partial charge in [0.05, 0.1) is 30.8 Å². The second-order valence-corrected chi connectivity index (χ2v) is 7.22. The molecule has 0 amide bonds. The minimum Gasteiger partial charge on any atom is -0.481 e. The molecule has 4 atom stereocenters. The van der Waals surface area contributed by atoms with Gasteiger partial charge in [-0.15, -0.1) is 0 Å². The van der Waals surface area contributed by atoms with Crippen LogP contribution in [0, 0.1) is 11.8 Å². The van der Waals surface area contributed by atoms with Crippen molar-refractivity contribution in [3.63, 3.8) is 0 Å². The van der Waals surface area contributed by atoms with Crippen molar-refractivity contribution < 1.29 is 38.1 Å². The molecule has 4 N–H and O–H groups in total. The molecule has 3 unspecified atom stereocenters. The number of allylic oxidation sites excluding steroid dienone is 1. The van der Waals surface area contributed by atoms with Crippen LogP contribution >= 0.6 is 0 Å². The molecule has 6 nitrogen and oxygen atoms in total. The Balaban J connectivity index is 1.58. The number of halogens is 3. The van der Waals surface area contributed by atoms with Gasteiger partial charge in [-0.2, -0.15) is 13.2 Å². The highest BCUT2D eigenvalue weighted by atomic mass is 19.4. The number of rotatable bonds is 8. The third kappa shape index (κ3) is 4.98. The third-order valence-electron chi connectivity index (χ3n) is 5.28. The molecule has 1 aromatic rings. The van der Waals surface area contributed by atoms with E-state index in [1.54, 1.807) is 6.08 Å². The maximum Gasteiger partial charge on any atom is 0.416 e. The molecule has 1 aromatic carbocycles. The van der Waals surface area contributed by atoms with Gasteiger partial charge >= 0.3 is 12.1 Å².